The molecule has 0 radical (unpaired) electrons. The van der Waals surface area contributed by atoms with Gasteiger partial charge in [-0.25, -0.2) is 0 Å². The lowest BCUT2D eigenvalue weighted by Gasteiger charge is -2.17. The fourth-order valence-corrected chi connectivity index (χ4v) is 1.77. The number of carbonyl (C=O) groups is 2. The zero-order valence-electron chi connectivity index (χ0n) is 11.0. The number of hydrogen-bond acceptors (Lipinski definition) is 4. The summed E-state index contributed by atoms with van der Waals surface area (Å²) in [6, 6.07) is 4.77. The summed E-state index contributed by atoms with van der Waals surface area (Å²) in [6.45, 7) is 0.444. The molecule has 1 amide bonds. The molecule has 104 valence electrons. The molecule has 0 aliphatic rings. The maximum absolute atomic E-state index is 12.1. The Morgan fingerprint density at radius 1 is 1.42 bits per heavy atom. The van der Waals surface area contributed by atoms with E-state index in [1.54, 1.807) is 25.2 Å². The van der Waals surface area contributed by atoms with Crippen LogP contribution in [-0.4, -0.2) is 37.5 Å². The number of halogens is 1. The van der Waals surface area contributed by atoms with Crippen molar-refractivity contribution in [3.8, 4) is 0 Å². The first-order chi connectivity index (χ1) is 8.95. The largest absolute Gasteiger partial charge is 0.469 e. The van der Waals surface area contributed by atoms with Gasteiger partial charge in [0.25, 0.3) is 5.91 Å². The topological polar surface area (TPSA) is 72.6 Å². The number of benzene rings is 1. The minimum Gasteiger partial charge on any atom is -0.469 e. The fourth-order valence-electron chi connectivity index (χ4n) is 1.58. The highest BCUT2D eigenvalue weighted by Gasteiger charge is 2.15. The lowest BCUT2D eigenvalue weighted by Crippen LogP contribution is -2.28. The van der Waals surface area contributed by atoms with Crippen molar-refractivity contribution in [3.05, 3.63) is 28.8 Å². The third-order valence-corrected chi connectivity index (χ3v) is 3.00. The van der Waals surface area contributed by atoms with E-state index in [2.05, 4.69) is 4.74 Å². The van der Waals surface area contributed by atoms with E-state index in [4.69, 9.17) is 17.3 Å². The van der Waals surface area contributed by atoms with E-state index in [-0.39, 0.29) is 18.3 Å². The predicted octanol–water partition coefficient (Wildman–Crippen LogP) is 1.95. The summed E-state index contributed by atoms with van der Waals surface area (Å²) in [5.41, 5.74) is 6.48. The van der Waals surface area contributed by atoms with Gasteiger partial charge in [0.05, 0.1) is 17.7 Å². The van der Waals surface area contributed by atoms with E-state index in [0.29, 0.717) is 29.2 Å². The minimum absolute atomic E-state index is 0.220. The Balaban J connectivity index is 2.61. The summed E-state index contributed by atoms with van der Waals surface area (Å²) in [6.07, 6.45) is 0.813. The van der Waals surface area contributed by atoms with Gasteiger partial charge in [-0.1, -0.05) is 11.6 Å². The number of nitrogens with two attached hydrogens (primary N) is 1. The van der Waals surface area contributed by atoms with Gasteiger partial charge in [-0.05, 0) is 24.6 Å². The highest BCUT2D eigenvalue weighted by Crippen LogP contribution is 2.20. The molecule has 0 heterocycles. The number of esters is 1. The normalized spacial score (nSPS) is 10.1. The predicted molar refractivity (Wildman–Crippen MR) is 74.1 cm³/mol. The monoisotopic (exact) mass is 284 g/mol. The average Bonchev–Trinajstić information content (AvgIpc) is 2.40. The van der Waals surface area contributed by atoms with Crippen molar-refractivity contribution in [2.75, 3.05) is 26.4 Å². The van der Waals surface area contributed by atoms with Crippen LogP contribution in [0.2, 0.25) is 5.02 Å². The van der Waals surface area contributed by atoms with Gasteiger partial charge in [0, 0.05) is 25.7 Å². The van der Waals surface area contributed by atoms with Crippen LogP contribution in [0.1, 0.15) is 23.2 Å². The van der Waals surface area contributed by atoms with Crippen LogP contribution in [0.3, 0.4) is 0 Å². The number of hydrogen-bond donors (Lipinski definition) is 1. The summed E-state index contributed by atoms with van der Waals surface area (Å²) >= 11 is 5.96. The molecule has 0 aliphatic heterocycles. The van der Waals surface area contributed by atoms with Crippen molar-refractivity contribution >= 4 is 29.2 Å². The molecule has 1 aromatic rings. The number of carbonyl (C=O) groups excluding carboxylic acids is 2. The number of nitrogen functional groups attached to an aromatic ring is 1. The van der Waals surface area contributed by atoms with E-state index in [1.807, 2.05) is 0 Å². The van der Waals surface area contributed by atoms with E-state index >= 15 is 0 Å². The number of ether oxygens (including phenoxy) is 1. The summed E-state index contributed by atoms with van der Waals surface area (Å²) < 4.78 is 4.53. The van der Waals surface area contributed by atoms with Gasteiger partial charge in [-0.2, -0.15) is 0 Å². The van der Waals surface area contributed by atoms with Crippen LogP contribution in [0.15, 0.2) is 18.2 Å². The molecular formula is C13H17ClN2O3. The van der Waals surface area contributed by atoms with E-state index in [1.165, 1.54) is 12.0 Å². The van der Waals surface area contributed by atoms with Gasteiger partial charge in [0.1, 0.15) is 0 Å². The Morgan fingerprint density at radius 3 is 2.74 bits per heavy atom. The molecule has 1 aromatic carbocycles. The first-order valence-electron chi connectivity index (χ1n) is 5.83. The van der Waals surface area contributed by atoms with E-state index < -0.39 is 0 Å². The lowest BCUT2D eigenvalue weighted by molar-refractivity contribution is -0.140. The molecule has 1 rings (SSSR count). The lowest BCUT2D eigenvalue weighted by atomic mass is 10.1. The van der Waals surface area contributed by atoms with E-state index in [0.717, 1.165) is 0 Å². The third kappa shape index (κ3) is 4.44. The van der Waals surface area contributed by atoms with E-state index in [9.17, 15) is 9.59 Å². The zero-order valence-corrected chi connectivity index (χ0v) is 11.7. The number of amides is 1. The zero-order chi connectivity index (χ0) is 14.4. The molecule has 0 aliphatic carbocycles. The van der Waals surface area contributed by atoms with Crippen LogP contribution in [0.5, 0.6) is 0 Å². The van der Waals surface area contributed by atoms with Crippen molar-refractivity contribution < 1.29 is 14.3 Å². The molecule has 0 saturated carbocycles. The van der Waals surface area contributed by atoms with Crippen molar-refractivity contribution in [1.29, 1.82) is 0 Å². The smallest absolute Gasteiger partial charge is 0.305 e. The van der Waals surface area contributed by atoms with Crippen LogP contribution in [0.4, 0.5) is 5.69 Å². The maximum atomic E-state index is 12.1. The SMILES string of the molecule is COC(=O)CCCN(C)C(=O)c1cc(N)ccc1Cl. The first-order valence-corrected chi connectivity index (χ1v) is 6.20. The molecule has 0 atom stereocenters. The Morgan fingerprint density at radius 2 is 2.11 bits per heavy atom. The fraction of sp³-hybridized carbons (Fsp3) is 0.385. The summed E-state index contributed by atoms with van der Waals surface area (Å²) in [7, 11) is 2.99. The number of anilines is 1. The molecular weight excluding hydrogens is 268 g/mol. The quantitative estimate of drug-likeness (QED) is 0.662. The second-order valence-corrected chi connectivity index (χ2v) is 4.55. The second kappa shape index (κ2) is 6.99. The van der Waals surface area contributed by atoms with Gasteiger partial charge >= 0.3 is 5.97 Å². The molecule has 0 unspecified atom stereocenters. The molecule has 0 bridgehead atoms. The van der Waals surface area contributed by atoms with Gasteiger partial charge in [0.15, 0.2) is 0 Å². The molecule has 19 heavy (non-hydrogen) atoms. The number of rotatable bonds is 5. The molecule has 0 spiro atoms. The highest BCUT2D eigenvalue weighted by molar-refractivity contribution is 6.33. The van der Waals surface area contributed by atoms with Crippen LogP contribution >= 0.6 is 11.6 Å². The van der Waals surface area contributed by atoms with Crippen LogP contribution in [-0.2, 0) is 9.53 Å². The average molecular weight is 285 g/mol. The Labute approximate surface area is 117 Å². The minimum atomic E-state index is -0.289. The Kier molecular flexibility index (Phi) is 5.63. The molecule has 2 N–H and O–H groups in total. The standard InChI is InChI=1S/C13H17ClN2O3/c1-16(7-3-4-12(17)19-2)13(18)10-8-9(15)5-6-11(10)14/h5-6,8H,3-4,7,15H2,1-2H3. The van der Waals surface area contributed by atoms with Crippen molar-refractivity contribution in [1.82, 2.24) is 4.90 Å². The highest BCUT2D eigenvalue weighted by atomic mass is 35.5. The molecule has 5 nitrogen and oxygen atoms in total. The van der Waals surface area contributed by atoms with Crippen molar-refractivity contribution in [2.24, 2.45) is 0 Å². The van der Waals surface area contributed by atoms with Crippen LogP contribution in [0.25, 0.3) is 0 Å². The summed E-state index contributed by atoms with van der Waals surface area (Å²) in [4.78, 5) is 24.6. The van der Waals surface area contributed by atoms with Crippen molar-refractivity contribution in [2.45, 2.75) is 12.8 Å². The Hall–Kier alpha value is -1.75. The van der Waals surface area contributed by atoms with Gasteiger partial charge in [0.2, 0.25) is 0 Å². The van der Waals surface area contributed by atoms with Crippen LogP contribution in [0, 0.1) is 0 Å². The van der Waals surface area contributed by atoms with Crippen LogP contribution < -0.4 is 5.73 Å². The first kappa shape index (κ1) is 15.3. The maximum Gasteiger partial charge on any atom is 0.305 e. The Bertz CT molecular complexity index is 477. The summed E-state index contributed by atoms with van der Waals surface area (Å²) in [5, 5.41) is 0.360. The second-order valence-electron chi connectivity index (χ2n) is 4.15. The molecule has 6 heteroatoms. The third-order valence-electron chi connectivity index (χ3n) is 2.67. The molecule has 0 aromatic heterocycles. The summed E-state index contributed by atoms with van der Waals surface area (Å²) in [5.74, 6) is -0.509. The number of nitrogens with zero attached hydrogens (tertiary/aromatic N) is 1. The van der Waals surface area contributed by atoms with Crippen molar-refractivity contribution in [3.63, 3.8) is 0 Å². The van der Waals surface area contributed by atoms with Gasteiger partial charge in [-0.3, -0.25) is 9.59 Å². The molecule has 0 saturated heterocycles. The number of methoxy groups -OCH3 is 1. The van der Waals surface area contributed by atoms with Gasteiger partial charge in [-0.15, -0.1) is 0 Å². The molecule has 0 fully saturated rings. The van der Waals surface area contributed by atoms with Gasteiger partial charge < -0.3 is 15.4 Å².